The Bertz CT molecular complexity index is 629. The van der Waals surface area contributed by atoms with Crippen LogP contribution in [-0.2, 0) is 0 Å². The van der Waals surface area contributed by atoms with Crippen LogP contribution in [0, 0.1) is 0 Å². The van der Waals surface area contributed by atoms with Crippen molar-refractivity contribution >= 4 is 40.8 Å². The van der Waals surface area contributed by atoms with E-state index < -0.39 is 0 Å². The first-order valence-corrected chi connectivity index (χ1v) is 7.66. The van der Waals surface area contributed by atoms with Crippen molar-refractivity contribution in [3.63, 3.8) is 0 Å². The molecule has 2 aromatic rings. The molecule has 0 atom stereocenters. The quantitative estimate of drug-likeness (QED) is 0.927. The second-order valence-electron chi connectivity index (χ2n) is 4.88. The summed E-state index contributed by atoms with van der Waals surface area (Å²) < 4.78 is 0. The van der Waals surface area contributed by atoms with E-state index in [1.165, 1.54) is 6.42 Å². The van der Waals surface area contributed by atoms with Crippen molar-refractivity contribution in [1.82, 2.24) is 15.0 Å². The van der Waals surface area contributed by atoms with Crippen LogP contribution < -0.4 is 10.2 Å². The highest BCUT2D eigenvalue weighted by Crippen LogP contribution is 2.25. The summed E-state index contributed by atoms with van der Waals surface area (Å²) in [5.41, 5.74) is 0.742. The van der Waals surface area contributed by atoms with E-state index in [4.69, 9.17) is 23.2 Å². The van der Waals surface area contributed by atoms with E-state index in [1.54, 1.807) is 6.07 Å². The number of hydrogen-bond donors (Lipinski definition) is 1. The summed E-state index contributed by atoms with van der Waals surface area (Å²) >= 11 is 12.1. The summed E-state index contributed by atoms with van der Waals surface area (Å²) in [6, 6.07) is 7.43. The van der Waals surface area contributed by atoms with Crippen LogP contribution in [0.15, 0.2) is 24.3 Å². The normalized spacial score (nSPS) is 15.0. The lowest BCUT2D eigenvalue weighted by atomic mass is 10.1. The molecule has 1 fully saturated rings. The van der Waals surface area contributed by atoms with Crippen LogP contribution in [-0.4, -0.2) is 28.0 Å². The Morgan fingerprint density at radius 2 is 1.71 bits per heavy atom. The van der Waals surface area contributed by atoms with Gasteiger partial charge in [-0.1, -0.05) is 23.7 Å². The Kier molecular flexibility index (Phi) is 4.41. The molecule has 0 saturated carbocycles. The molecule has 1 saturated heterocycles. The lowest BCUT2D eigenvalue weighted by Crippen LogP contribution is -2.31. The Hall–Kier alpha value is -1.59. The van der Waals surface area contributed by atoms with Crippen molar-refractivity contribution < 1.29 is 0 Å². The summed E-state index contributed by atoms with van der Waals surface area (Å²) in [6.07, 6.45) is 3.55. The number of nitrogens with zero attached hydrogens (tertiary/aromatic N) is 4. The number of para-hydroxylation sites is 1. The predicted molar refractivity (Wildman–Crippen MR) is 85.6 cm³/mol. The van der Waals surface area contributed by atoms with Gasteiger partial charge in [0.15, 0.2) is 0 Å². The first-order chi connectivity index (χ1) is 10.2. The van der Waals surface area contributed by atoms with E-state index >= 15 is 0 Å². The maximum Gasteiger partial charge on any atom is 0.233 e. The van der Waals surface area contributed by atoms with E-state index in [1.807, 2.05) is 18.2 Å². The zero-order valence-corrected chi connectivity index (χ0v) is 12.9. The fourth-order valence-electron chi connectivity index (χ4n) is 2.31. The van der Waals surface area contributed by atoms with Gasteiger partial charge >= 0.3 is 0 Å². The molecule has 21 heavy (non-hydrogen) atoms. The molecule has 2 heterocycles. The average Bonchev–Trinajstić information content (AvgIpc) is 2.50. The lowest BCUT2D eigenvalue weighted by molar-refractivity contribution is 0.567. The molecule has 1 N–H and O–H groups in total. The molecule has 0 aliphatic carbocycles. The average molecular weight is 324 g/mol. The third-order valence-corrected chi connectivity index (χ3v) is 3.85. The van der Waals surface area contributed by atoms with Crippen LogP contribution in [0.1, 0.15) is 19.3 Å². The highest BCUT2D eigenvalue weighted by Gasteiger charge is 2.16. The standard InChI is InChI=1S/C14H15Cl2N5/c15-10-6-2-3-7-11(10)17-13-18-12(16)19-14(20-13)21-8-4-1-5-9-21/h2-3,6-7H,1,4-5,8-9H2,(H,17,18,19,20). The lowest BCUT2D eigenvalue weighted by Gasteiger charge is -2.26. The van der Waals surface area contributed by atoms with Crippen LogP contribution in [0.3, 0.4) is 0 Å². The van der Waals surface area contributed by atoms with Crippen molar-refractivity contribution in [3.8, 4) is 0 Å². The molecule has 1 aliphatic heterocycles. The van der Waals surface area contributed by atoms with Crippen molar-refractivity contribution in [2.24, 2.45) is 0 Å². The molecule has 0 unspecified atom stereocenters. The summed E-state index contributed by atoms with van der Waals surface area (Å²) in [7, 11) is 0. The number of rotatable bonds is 3. The van der Waals surface area contributed by atoms with Gasteiger partial charge in [0, 0.05) is 13.1 Å². The summed E-state index contributed by atoms with van der Waals surface area (Å²) in [6.45, 7) is 1.90. The van der Waals surface area contributed by atoms with E-state index in [0.717, 1.165) is 31.6 Å². The highest BCUT2D eigenvalue weighted by molar-refractivity contribution is 6.33. The van der Waals surface area contributed by atoms with E-state index in [-0.39, 0.29) is 5.28 Å². The fraction of sp³-hybridized carbons (Fsp3) is 0.357. The van der Waals surface area contributed by atoms with Crippen molar-refractivity contribution in [1.29, 1.82) is 0 Å². The maximum atomic E-state index is 6.13. The Morgan fingerprint density at radius 1 is 0.952 bits per heavy atom. The zero-order chi connectivity index (χ0) is 14.7. The van der Waals surface area contributed by atoms with E-state index in [9.17, 15) is 0 Å². The predicted octanol–water partition coefficient (Wildman–Crippen LogP) is 3.91. The number of piperidine rings is 1. The van der Waals surface area contributed by atoms with E-state index in [2.05, 4.69) is 25.2 Å². The molecule has 1 aromatic heterocycles. The number of halogens is 2. The second kappa shape index (κ2) is 6.45. The minimum Gasteiger partial charge on any atom is -0.341 e. The molecule has 110 valence electrons. The SMILES string of the molecule is Clc1nc(Nc2ccccc2Cl)nc(N2CCCCC2)n1. The largest absolute Gasteiger partial charge is 0.341 e. The topological polar surface area (TPSA) is 53.9 Å². The number of aromatic nitrogens is 3. The van der Waals surface area contributed by atoms with Gasteiger partial charge < -0.3 is 10.2 Å². The third kappa shape index (κ3) is 3.54. The second-order valence-corrected chi connectivity index (χ2v) is 5.63. The number of anilines is 3. The minimum atomic E-state index is 0.181. The van der Waals surface area contributed by atoms with Gasteiger partial charge in [0.05, 0.1) is 10.7 Å². The number of nitrogens with one attached hydrogen (secondary N) is 1. The molecular formula is C14H15Cl2N5. The van der Waals surface area contributed by atoms with Crippen LogP contribution in [0.2, 0.25) is 10.3 Å². The van der Waals surface area contributed by atoms with Crippen LogP contribution >= 0.6 is 23.2 Å². The molecule has 3 rings (SSSR count). The van der Waals surface area contributed by atoms with Crippen molar-refractivity contribution in [3.05, 3.63) is 34.6 Å². The maximum absolute atomic E-state index is 6.13. The van der Waals surface area contributed by atoms with Gasteiger partial charge in [0.2, 0.25) is 17.2 Å². The first kappa shape index (κ1) is 14.4. The smallest absolute Gasteiger partial charge is 0.233 e. The van der Waals surface area contributed by atoms with Gasteiger partial charge in [-0.25, -0.2) is 0 Å². The molecule has 1 aromatic carbocycles. The highest BCUT2D eigenvalue weighted by atomic mass is 35.5. The van der Waals surface area contributed by atoms with Gasteiger partial charge in [0.25, 0.3) is 0 Å². The van der Waals surface area contributed by atoms with Gasteiger partial charge in [-0.05, 0) is 43.0 Å². The van der Waals surface area contributed by atoms with Crippen LogP contribution in [0.5, 0.6) is 0 Å². The van der Waals surface area contributed by atoms with Gasteiger partial charge in [-0.3, -0.25) is 0 Å². The third-order valence-electron chi connectivity index (χ3n) is 3.36. The van der Waals surface area contributed by atoms with Gasteiger partial charge in [-0.15, -0.1) is 0 Å². The first-order valence-electron chi connectivity index (χ1n) is 6.90. The summed E-state index contributed by atoms with van der Waals surface area (Å²) in [4.78, 5) is 14.9. The number of benzene rings is 1. The molecule has 5 nitrogen and oxygen atoms in total. The molecule has 1 aliphatic rings. The number of hydrogen-bond acceptors (Lipinski definition) is 5. The Labute approximate surface area is 133 Å². The Balaban J connectivity index is 1.85. The molecular weight excluding hydrogens is 309 g/mol. The Morgan fingerprint density at radius 3 is 2.48 bits per heavy atom. The summed E-state index contributed by atoms with van der Waals surface area (Å²) in [5.74, 6) is 1.02. The minimum absolute atomic E-state index is 0.181. The van der Waals surface area contributed by atoms with E-state index in [0.29, 0.717) is 16.9 Å². The molecule has 0 bridgehead atoms. The van der Waals surface area contributed by atoms with Gasteiger partial charge in [-0.2, -0.15) is 15.0 Å². The van der Waals surface area contributed by atoms with Crippen molar-refractivity contribution in [2.45, 2.75) is 19.3 Å². The van der Waals surface area contributed by atoms with Crippen LogP contribution in [0.4, 0.5) is 17.6 Å². The molecule has 0 amide bonds. The van der Waals surface area contributed by atoms with Crippen molar-refractivity contribution in [2.75, 3.05) is 23.3 Å². The molecule has 7 heteroatoms. The fourth-order valence-corrected chi connectivity index (χ4v) is 2.65. The zero-order valence-electron chi connectivity index (χ0n) is 11.4. The van der Waals surface area contributed by atoms with Gasteiger partial charge in [0.1, 0.15) is 0 Å². The van der Waals surface area contributed by atoms with Crippen LogP contribution in [0.25, 0.3) is 0 Å². The molecule has 0 radical (unpaired) electrons. The summed E-state index contributed by atoms with van der Waals surface area (Å²) in [5, 5.41) is 3.87. The monoisotopic (exact) mass is 323 g/mol. The molecule has 0 spiro atoms.